The first-order chi connectivity index (χ1) is 9.15. The fourth-order valence-corrected chi connectivity index (χ4v) is 3.49. The summed E-state index contributed by atoms with van der Waals surface area (Å²) in [6.45, 7) is 1.12. The van der Waals surface area contributed by atoms with Crippen molar-refractivity contribution in [1.29, 1.82) is 0 Å². The molecule has 1 heterocycles. The molecule has 0 aromatic rings. The van der Waals surface area contributed by atoms with E-state index in [-0.39, 0.29) is 17.7 Å². The number of rotatable bonds is 3. The molecule has 2 aliphatic rings. The fourth-order valence-electron chi connectivity index (χ4n) is 3.49. The quantitative estimate of drug-likeness (QED) is 0.806. The Morgan fingerprint density at radius 3 is 2.58 bits per heavy atom. The minimum atomic E-state index is -0.863. The maximum absolute atomic E-state index is 12.6. The van der Waals surface area contributed by atoms with Gasteiger partial charge in [-0.1, -0.05) is 19.3 Å². The summed E-state index contributed by atoms with van der Waals surface area (Å²) >= 11 is 0. The third kappa shape index (κ3) is 3.08. The summed E-state index contributed by atoms with van der Waals surface area (Å²) in [5, 5.41) is 9.33. The summed E-state index contributed by atoms with van der Waals surface area (Å²) in [4.78, 5) is 25.6. The van der Waals surface area contributed by atoms with E-state index in [9.17, 15) is 14.7 Å². The van der Waals surface area contributed by atoms with Crippen molar-refractivity contribution >= 4 is 11.9 Å². The Bertz CT molecular complexity index is 346. The SMILES string of the molecule is NCC1CCCC1C(=O)N1CCCCCC1C(=O)O. The normalized spacial score (nSPS) is 32.1. The van der Waals surface area contributed by atoms with E-state index in [1.807, 2.05) is 0 Å². The summed E-state index contributed by atoms with van der Waals surface area (Å²) < 4.78 is 0. The molecule has 19 heavy (non-hydrogen) atoms. The number of carboxylic acid groups (broad SMARTS) is 1. The van der Waals surface area contributed by atoms with E-state index in [0.717, 1.165) is 38.5 Å². The smallest absolute Gasteiger partial charge is 0.326 e. The lowest BCUT2D eigenvalue weighted by Crippen LogP contribution is -2.48. The molecule has 108 valence electrons. The minimum Gasteiger partial charge on any atom is -0.480 e. The molecule has 5 heteroatoms. The van der Waals surface area contributed by atoms with Crippen LogP contribution in [0.5, 0.6) is 0 Å². The first kappa shape index (κ1) is 14.3. The third-order valence-corrected chi connectivity index (χ3v) is 4.60. The zero-order chi connectivity index (χ0) is 13.8. The molecule has 5 nitrogen and oxygen atoms in total. The van der Waals surface area contributed by atoms with Crippen molar-refractivity contribution in [2.45, 2.75) is 51.0 Å². The molecule has 0 aromatic carbocycles. The average molecular weight is 268 g/mol. The first-order valence-corrected chi connectivity index (χ1v) is 7.38. The number of likely N-dealkylation sites (tertiary alicyclic amines) is 1. The highest BCUT2D eigenvalue weighted by molar-refractivity contribution is 5.85. The number of hydrogen-bond acceptors (Lipinski definition) is 3. The van der Waals surface area contributed by atoms with Gasteiger partial charge in [0.2, 0.25) is 5.91 Å². The number of nitrogens with two attached hydrogens (primary N) is 1. The summed E-state index contributed by atoms with van der Waals surface area (Å²) in [7, 11) is 0. The largest absolute Gasteiger partial charge is 0.480 e. The Labute approximate surface area is 114 Å². The van der Waals surface area contributed by atoms with Gasteiger partial charge in [0.1, 0.15) is 6.04 Å². The lowest BCUT2D eigenvalue weighted by molar-refractivity contribution is -0.152. The van der Waals surface area contributed by atoms with Crippen LogP contribution in [0, 0.1) is 11.8 Å². The van der Waals surface area contributed by atoms with Gasteiger partial charge in [0.05, 0.1) is 0 Å². The van der Waals surface area contributed by atoms with Gasteiger partial charge in [0.15, 0.2) is 0 Å². The van der Waals surface area contributed by atoms with Gasteiger partial charge in [0.25, 0.3) is 0 Å². The second-order valence-corrected chi connectivity index (χ2v) is 5.77. The molecule has 3 unspecified atom stereocenters. The summed E-state index contributed by atoms with van der Waals surface area (Å²) in [6.07, 6.45) is 6.30. The highest BCUT2D eigenvalue weighted by Crippen LogP contribution is 2.33. The van der Waals surface area contributed by atoms with Crippen LogP contribution >= 0.6 is 0 Å². The van der Waals surface area contributed by atoms with Crippen LogP contribution in [0.2, 0.25) is 0 Å². The molecule has 2 rings (SSSR count). The third-order valence-electron chi connectivity index (χ3n) is 4.60. The van der Waals surface area contributed by atoms with E-state index >= 15 is 0 Å². The second kappa shape index (κ2) is 6.37. The lowest BCUT2D eigenvalue weighted by Gasteiger charge is -2.31. The van der Waals surface area contributed by atoms with Crippen LogP contribution in [0.15, 0.2) is 0 Å². The van der Waals surface area contributed by atoms with E-state index in [0.29, 0.717) is 19.5 Å². The Balaban J connectivity index is 2.12. The fraction of sp³-hybridized carbons (Fsp3) is 0.857. The summed E-state index contributed by atoms with van der Waals surface area (Å²) in [5.41, 5.74) is 5.73. The maximum atomic E-state index is 12.6. The van der Waals surface area contributed by atoms with Gasteiger partial charge in [-0.15, -0.1) is 0 Å². The van der Waals surface area contributed by atoms with E-state index < -0.39 is 12.0 Å². The van der Waals surface area contributed by atoms with Crippen molar-refractivity contribution in [2.75, 3.05) is 13.1 Å². The maximum Gasteiger partial charge on any atom is 0.326 e. The zero-order valence-corrected chi connectivity index (χ0v) is 11.4. The summed E-state index contributed by atoms with van der Waals surface area (Å²) in [5.74, 6) is -0.644. The monoisotopic (exact) mass is 268 g/mol. The van der Waals surface area contributed by atoms with Gasteiger partial charge >= 0.3 is 5.97 Å². The number of aliphatic carboxylic acids is 1. The van der Waals surface area contributed by atoms with Gasteiger partial charge in [-0.3, -0.25) is 4.79 Å². The molecule has 1 aliphatic carbocycles. The number of carbonyl (C=O) groups excluding carboxylic acids is 1. The molecular weight excluding hydrogens is 244 g/mol. The van der Waals surface area contributed by atoms with Crippen LogP contribution < -0.4 is 5.73 Å². The van der Waals surface area contributed by atoms with E-state index in [1.54, 1.807) is 4.90 Å². The van der Waals surface area contributed by atoms with Gasteiger partial charge in [0, 0.05) is 12.5 Å². The van der Waals surface area contributed by atoms with Crippen molar-refractivity contribution in [1.82, 2.24) is 4.90 Å². The minimum absolute atomic E-state index is 0.0299. The van der Waals surface area contributed by atoms with Crippen molar-refractivity contribution in [3.63, 3.8) is 0 Å². The number of nitrogens with zero attached hydrogens (tertiary/aromatic N) is 1. The highest BCUT2D eigenvalue weighted by Gasteiger charge is 2.39. The van der Waals surface area contributed by atoms with Crippen molar-refractivity contribution in [2.24, 2.45) is 17.6 Å². The predicted molar refractivity (Wildman–Crippen MR) is 71.5 cm³/mol. The number of amides is 1. The van der Waals surface area contributed by atoms with Crippen LogP contribution in [0.4, 0.5) is 0 Å². The van der Waals surface area contributed by atoms with Gasteiger partial charge < -0.3 is 15.7 Å². The predicted octanol–water partition coefficient (Wildman–Crippen LogP) is 1.22. The van der Waals surface area contributed by atoms with Gasteiger partial charge in [-0.25, -0.2) is 4.79 Å². The van der Waals surface area contributed by atoms with E-state index in [4.69, 9.17) is 5.73 Å². The first-order valence-electron chi connectivity index (χ1n) is 7.38. The van der Waals surface area contributed by atoms with Crippen LogP contribution in [-0.4, -0.2) is 41.0 Å². The second-order valence-electron chi connectivity index (χ2n) is 5.77. The standard InChI is InChI=1S/C14H24N2O3/c15-9-10-5-4-6-11(10)13(17)16-8-3-1-2-7-12(16)14(18)19/h10-12H,1-9,15H2,(H,18,19). The van der Waals surface area contributed by atoms with Crippen LogP contribution in [0.1, 0.15) is 44.9 Å². The topological polar surface area (TPSA) is 83.6 Å². The van der Waals surface area contributed by atoms with Gasteiger partial charge in [-0.05, 0) is 38.1 Å². The van der Waals surface area contributed by atoms with Gasteiger partial charge in [-0.2, -0.15) is 0 Å². The Hall–Kier alpha value is -1.10. The summed E-state index contributed by atoms with van der Waals surface area (Å²) in [6, 6.07) is -0.631. The Morgan fingerprint density at radius 2 is 1.89 bits per heavy atom. The molecule has 3 N–H and O–H groups in total. The van der Waals surface area contributed by atoms with Crippen LogP contribution in [0.25, 0.3) is 0 Å². The van der Waals surface area contributed by atoms with Crippen molar-refractivity contribution < 1.29 is 14.7 Å². The van der Waals surface area contributed by atoms with Crippen molar-refractivity contribution in [3.05, 3.63) is 0 Å². The zero-order valence-electron chi connectivity index (χ0n) is 11.4. The molecule has 1 saturated carbocycles. The molecule has 0 radical (unpaired) electrons. The molecule has 0 aromatic heterocycles. The average Bonchev–Trinajstić information content (AvgIpc) is 2.73. The molecule has 0 bridgehead atoms. The number of hydrogen-bond donors (Lipinski definition) is 2. The number of carboxylic acids is 1. The van der Waals surface area contributed by atoms with Crippen molar-refractivity contribution in [3.8, 4) is 0 Å². The molecule has 1 aliphatic heterocycles. The molecule has 3 atom stereocenters. The van der Waals surface area contributed by atoms with E-state index in [1.165, 1.54) is 0 Å². The Morgan fingerprint density at radius 1 is 1.11 bits per heavy atom. The van der Waals surface area contributed by atoms with Crippen LogP contribution in [0.3, 0.4) is 0 Å². The number of carbonyl (C=O) groups is 2. The molecule has 1 amide bonds. The lowest BCUT2D eigenvalue weighted by atomic mass is 9.94. The molecular formula is C14H24N2O3. The molecule has 2 fully saturated rings. The van der Waals surface area contributed by atoms with Crippen LogP contribution in [-0.2, 0) is 9.59 Å². The molecule has 1 saturated heterocycles. The highest BCUT2D eigenvalue weighted by atomic mass is 16.4. The Kier molecular flexibility index (Phi) is 4.80. The molecule has 0 spiro atoms. The van der Waals surface area contributed by atoms with E-state index in [2.05, 4.69) is 0 Å².